The van der Waals surface area contributed by atoms with Crippen molar-refractivity contribution in [3.8, 4) is 5.75 Å². The van der Waals surface area contributed by atoms with Crippen molar-refractivity contribution < 1.29 is 18.7 Å². The highest BCUT2D eigenvalue weighted by Gasteiger charge is 2.32. The van der Waals surface area contributed by atoms with E-state index in [-0.39, 0.29) is 18.1 Å². The van der Waals surface area contributed by atoms with Crippen molar-refractivity contribution in [3.05, 3.63) is 23.5 Å². The quantitative estimate of drug-likeness (QED) is 0.504. The highest BCUT2D eigenvalue weighted by Crippen LogP contribution is 2.37. The van der Waals surface area contributed by atoms with Gasteiger partial charge in [-0.25, -0.2) is 9.40 Å². The summed E-state index contributed by atoms with van der Waals surface area (Å²) in [5.74, 6) is 5.48. The van der Waals surface area contributed by atoms with E-state index in [9.17, 15) is 9.59 Å². The second-order valence-electron chi connectivity index (χ2n) is 9.15. The minimum Gasteiger partial charge on any atom is -0.496 e. The smallest absolute Gasteiger partial charge is 0.234 e. The number of piperidine rings is 2. The first kappa shape index (κ1) is 22.9. The van der Waals surface area contributed by atoms with E-state index in [2.05, 4.69) is 15.1 Å². The second kappa shape index (κ2) is 10.1. The van der Waals surface area contributed by atoms with E-state index in [1.165, 1.54) is 32.4 Å². The molecule has 0 spiro atoms. The second-order valence-corrected chi connectivity index (χ2v) is 9.15. The van der Waals surface area contributed by atoms with Crippen molar-refractivity contribution >= 4 is 17.5 Å². The summed E-state index contributed by atoms with van der Waals surface area (Å²) in [6, 6.07) is 3.11. The van der Waals surface area contributed by atoms with Crippen molar-refractivity contribution in [1.29, 1.82) is 0 Å². The maximum absolute atomic E-state index is 15.1. The van der Waals surface area contributed by atoms with Gasteiger partial charge in [-0.05, 0) is 44.2 Å². The Morgan fingerprint density at radius 1 is 1.09 bits per heavy atom. The fraction of sp³-hybridized carbons (Fsp3) is 0.652. The zero-order chi connectivity index (χ0) is 22.7. The van der Waals surface area contributed by atoms with Gasteiger partial charge in [0.2, 0.25) is 11.8 Å². The van der Waals surface area contributed by atoms with Crippen LogP contribution in [0.15, 0.2) is 12.1 Å². The number of carbonyl (C=O) groups is 2. The zero-order valence-corrected chi connectivity index (χ0v) is 18.8. The summed E-state index contributed by atoms with van der Waals surface area (Å²) in [6.07, 6.45) is 4.14. The lowest BCUT2D eigenvalue weighted by atomic mass is 9.89. The average molecular weight is 448 g/mol. The van der Waals surface area contributed by atoms with Gasteiger partial charge in [0, 0.05) is 57.3 Å². The van der Waals surface area contributed by atoms with E-state index in [4.69, 9.17) is 10.6 Å². The minimum atomic E-state index is -0.575. The van der Waals surface area contributed by atoms with Gasteiger partial charge in [0.25, 0.3) is 0 Å². The Morgan fingerprint density at radius 3 is 2.47 bits per heavy atom. The third-order valence-electron chi connectivity index (χ3n) is 7.13. The highest BCUT2D eigenvalue weighted by molar-refractivity contribution is 6.01. The molecule has 0 saturated carbocycles. The van der Waals surface area contributed by atoms with E-state index in [0.717, 1.165) is 51.7 Å². The van der Waals surface area contributed by atoms with Crippen molar-refractivity contribution in [2.45, 2.75) is 38.0 Å². The highest BCUT2D eigenvalue weighted by atomic mass is 19.1. The molecule has 0 bridgehead atoms. The molecule has 3 N–H and O–H groups in total. The SMILES string of the molecule is COc1cc(N2CCN(CCC3CCN(N)CC3)CC2)c(F)cc1C1CCC(=O)NC1=O. The molecule has 1 aromatic carbocycles. The van der Waals surface area contributed by atoms with Gasteiger partial charge in [0.1, 0.15) is 11.6 Å². The Labute approximate surface area is 188 Å². The predicted octanol–water partition coefficient (Wildman–Crippen LogP) is 1.45. The number of amides is 2. The van der Waals surface area contributed by atoms with Gasteiger partial charge in [-0.3, -0.25) is 25.6 Å². The summed E-state index contributed by atoms with van der Waals surface area (Å²) < 4.78 is 20.6. The number of halogens is 1. The van der Waals surface area contributed by atoms with Crippen LogP contribution in [0.4, 0.5) is 10.1 Å². The molecule has 1 atom stereocenters. The number of ether oxygens (including phenoxy) is 1. The number of nitrogens with zero attached hydrogens (tertiary/aromatic N) is 3. The van der Waals surface area contributed by atoms with Crippen molar-refractivity contribution in [2.75, 3.05) is 57.8 Å². The Balaban J connectivity index is 1.36. The van der Waals surface area contributed by atoms with E-state index in [1.807, 2.05) is 5.01 Å². The Kier molecular flexibility index (Phi) is 7.27. The Morgan fingerprint density at radius 2 is 1.81 bits per heavy atom. The van der Waals surface area contributed by atoms with Gasteiger partial charge in [0.05, 0.1) is 18.7 Å². The molecule has 1 unspecified atom stereocenters. The van der Waals surface area contributed by atoms with E-state index in [1.54, 1.807) is 6.07 Å². The molecule has 4 rings (SSSR count). The van der Waals surface area contributed by atoms with Crippen LogP contribution in [0.3, 0.4) is 0 Å². The number of benzene rings is 1. The van der Waals surface area contributed by atoms with Crippen LogP contribution in [-0.2, 0) is 9.59 Å². The molecule has 8 nitrogen and oxygen atoms in total. The van der Waals surface area contributed by atoms with Crippen LogP contribution < -0.4 is 20.8 Å². The summed E-state index contributed by atoms with van der Waals surface area (Å²) in [6.45, 7) is 6.32. The molecule has 0 radical (unpaired) electrons. The lowest BCUT2D eigenvalue weighted by molar-refractivity contribution is -0.134. The molecule has 9 heteroatoms. The monoisotopic (exact) mass is 447 g/mol. The fourth-order valence-corrected chi connectivity index (χ4v) is 5.06. The summed E-state index contributed by atoms with van der Waals surface area (Å²) in [4.78, 5) is 28.2. The number of imide groups is 1. The number of anilines is 1. The molecule has 3 aliphatic heterocycles. The first-order valence-corrected chi connectivity index (χ1v) is 11.6. The number of hydrazine groups is 1. The molecular formula is C23H34FN5O3. The van der Waals surface area contributed by atoms with Crippen LogP contribution in [0.2, 0.25) is 0 Å². The molecule has 1 aromatic rings. The zero-order valence-electron chi connectivity index (χ0n) is 18.8. The first-order valence-electron chi connectivity index (χ1n) is 11.6. The standard InChI is InChI=1S/C23H34FN5O3/c1-32-21-15-20(19(24)14-18(21)17-2-3-22(30)26-23(17)31)28-12-10-27(11-13-28)7-4-16-5-8-29(25)9-6-16/h14-17H,2-13,25H2,1H3,(H,26,30,31). The average Bonchev–Trinajstić information content (AvgIpc) is 2.79. The summed E-state index contributed by atoms with van der Waals surface area (Å²) in [5, 5.41) is 4.25. The molecule has 176 valence electrons. The number of hydrogen-bond donors (Lipinski definition) is 2. The summed E-state index contributed by atoms with van der Waals surface area (Å²) in [5.41, 5.74) is 1.01. The number of nitrogens with one attached hydrogen (secondary N) is 1. The molecule has 3 fully saturated rings. The number of piperazine rings is 1. The molecule has 3 aliphatic rings. The van der Waals surface area contributed by atoms with Gasteiger partial charge in [-0.2, -0.15) is 0 Å². The Hall–Kier alpha value is -2.23. The van der Waals surface area contributed by atoms with E-state index in [0.29, 0.717) is 23.4 Å². The predicted molar refractivity (Wildman–Crippen MR) is 120 cm³/mol. The topological polar surface area (TPSA) is 91.1 Å². The summed E-state index contributed by atoms with van der Waals surface area (Å²) >= 11 is 0. The van der Waals surface area contributed by atoms with Crippen LogP contribution in [0, 0.1) is 11.7 Å². The molecule has 32 heavy (non-hydrogen) atoms. The number of carbonyl (C=O) groups excluding carboxylic acids is 2. The number of methoxy groups -OCH3 is 1. The van der Waals surface area contributed by atoms with Gasteiger partial charge in [0.15, 0.2) is 0 Å². The maximum atomic E-state index is 15.1. The van der Waals surface area contributed by atoms with Crippen molar-refractivity contribution in [2.24, 2.45) is 11.8 Å². The fourth-order valence-electron chi connectivity index (χ4n) is 5.06. The molecular weight excluding hydrogens is 413 g/mol. The minimum absolute atomic E-state index is 0.246. The van der Waals surface area contributed by atoms with Crippen LogP contribution in [0.5, 0.6) is 5.75 Å². The number of nitrogens with two attached hydrogens (primary N) is 1. The maximum Gasteiger partial charge on any atom is 0.234 e. The largest absolute Gasteiger partial charge is 0.496 e. The van der Waals surface area contributed by atoms with E-state index >= 15 is 4.39 Å². The first-order chi connectivity index (χ1) is 15.4. The third kappa shape index (κ3) is 5.22. The van der Waals surface area contributed by atoms with Gasteiger partial charge >= 0.3 is 0 Å². The Bertz CT molecular complexity index is 835. The molecule has 3 saturated heterocycles. The van der Waals surface area contributed by atoms with Gasteiger partial charge in [-0.15, -0.1) is 0 Å². The van der Waals surface area contributed by atoms with Crippen LogP contribution in [-0.4, -0.2) is 74.6 Å². The molecule has 3 heterocycles. The van der Waals surface area contributed by atoms with E-state index < -0.39 is 11.8 Å². The van der Waals surface area contributed by atoms with Crippen molar-refractivity contribution in [1.82, 2.24) is 15.2 Å². The van der Waals surface area contributed by atoms with Crippen LogP contribution >= 0.6 is 0 Å². The van der Waals surface area contributed by atoms with Crippen molar-refractivity contribution in [3.63, 3.8) is 0 Å². The molecule has 0 aromatic heterocycles. The van der Waals surface area contributed by atoms with Gasteiger partial charge < -0.3 is 9.64 Å². The molecule has 0 aliphatic carbocycles. The van der Waals surface area contributed by atoms with Gasteiger partial charge in [-0.1, -0.05) is 0 Å². The lowest BCUT2D eigenvalue weighted by Gasteiger charge is -2.37. The third-order valence-corrected chi connectivity index (χ3v) is 7.13. The number of rotatable bonds is 6. The number of hydrogen-bond acceptors (Lipinski definition) is 7. The molecule has 2 amide bonds. The normalized spacial score (nSPS) is 24.0. The lowest BCUT2D eigenvalue weighted by Crippen LogP contribution is -2.47. The summed E-state index contributed by atoms with van der Waals surface area (Å²) in [7, 11) is 1.53. The van der Waals surface area contributed by atoms with Crippen LogP contribution in [0.1, 0.15) is 43.6 Å². The van der Waals surface area contributed by atoms with Crippen LogP contribution in [0.25, 0.3) is 0 Å².